The monoisotopic (exact) mass is 1740 g/mol. The molecule has 0 unspecified atom stereocenters. The van der Waals surface area contributed by atoms with E-state index in [0.717, 1.165) is 0 Å². The number of thiol groups is 1. The fraction of sp³-hybridized carbons (Fsp3) is 0.676. The van der Waals surface area contributed by atoms with Crippen LogP contribution in [0.5, 0.6) is 0 Å². The van der Waals surface area contributed by atoms with E-state index < -0.39 is 203 Å². The van der Waals surface area contributed by atoms with E-state index in [1.54, 1.807) is 20.8 Å². The molecule has 0 rings (SSSR count). The van der Waals surface area contributed by atoms with Gasteiger partial charge in [0.25, 0.3) is 0 Å². The Kier molecular flexibility index (Phi) is 53.3. The number of Topliss-reactive ketones (excluding diaryl/α,β-unsaturated/α-hetero) is 1. The van der Waals surface area contributed by atoms with E-state index >= 15 is 9.59 Å². The molecule has 0 spiro atoms. The van der Waals surface area contributed by atoms with E-state index in [-0.39, 0.29) is 192 Å². The van der Waals surface area contributed by atoms with Gasteiger partial charge in [0.2, 0.25) is 70.9 Å². The molecule has 0 fully saturated rings. The molecule has 0 aliphatic rings. The number of hydrogen-bond acceptors (Lipinski definition) is 23. The third-order valence-corrected chi connectivity index (χ3v) is 18.0. The van der Waals surface area contributed by atoms with Crippen molar-refractivity contribution < 1.29 is 62.3 Å². The van der Waals surface area contributed by atoms with Crippen LogP contribution >= 0.6 is 12.6 Å². The Morgan fingerprint density at radius 2 is 0.430 bits per heavy atom. The van der Waals surface area contributed by atoms with Gasteiger partial charge in [-0.1, -0.05) is 27.7 Å². The first kappa shape index (κ1) is 108. The highest BCUT2D eigenvalue weighted by atomic mass is 32.1. The Hall–Kier alpha value is -12.9. The van der Waals surface area contributed by atoms with Crippen molar-refractivity contribution in [1.82, 2.24) is 106 Å². The minimum Gasteiger partial charge on any atom is -0.370 e. The fourth-order valence-corrected chi connectivity index (χ4v) is 11.4. The topological polar surface area (TPSA) is 937 Å². The normalized spacial score (nSPS) is 13.5. The molecule has 53 heteroatoms. The summed E-state index contributed by atoms with van der Waals surface area (Å²) < 4.78 is 0. The van der Waals surface area contributed by atoms with Gasteiger partial charge in [0, 0.05) is 82.4 Å². The van der Waals surface area contributed by atoms with Gasteiger partial charge in [-0.3, -0.25) is 111 Å². The van der Waals surface area contributed by atoms with Crippen LogP contribution in [0.25, 0.3) is 0 Å². The van der Waals surface area contributed by atoms with Crippen molar-refractivity contribution in [2.45, 2.75) is 210 Å². The van der Waals surface area contributed by atoms with Gasteiger partial charge >= 0.3 is 0 Å². The van der Waals surface area contributed by atoms with Crippen LogP contribution in [-0.4, -0.2) is 262 Å². The highest BCUT2D eigenvalue weighted by Crippen LogP contribution is 2.20. The lowest BCUT2D eigenvalue weighted by Gasteiger charge is -2.29. The summed E-state index contributed by atoms with van der Waals surface area (Å²) in [6, 6.07) is -15.4. The molecule has 11 atom stereocenters. The van der Waals surface area contributed by atoms with E-state index in [2.05, 4.69) is 119 Å². The van der Waals surface area contributed by atoms with Gasteiger partial charge < -0.3 is 164 Å². The summed E-state index contributed by atoms with van der Waals surface area (Å²) in [5, 5.41) is 121. The number of hydrogen-bond donors (Lipinski definition) is 40. The van der Waals surface area contributed by atoms with Gasteiger partial charge in [-0.15, -0.1) is 0 Å². The Labute approximate surface area is 707 Å². The SMILES string of the molecule is C[C@H](CC(=O)C(C)(C)C)C(=O)NCC(=O)N[C@H](CCCNC(=N)N)C(=O)N[C@H](CCCNC(=N)N)C(=O)N[C@H](CCCNC(=N)N)C(=O)N[C@H](CCCNC(=N)N)C(=O)N[C@H](CCCNC(=N)N)C(=O)N[C@H](CCCNC(=N)N)C(=O)N[C@H](CCCNC(=N)N)C(=O)N[C@H](CCCNC(=N)N)C(=O)N[C@H](CCCNC(=N)N)C(=O)N[C@H](CS)C(N)=O. The van der Waals surface area contributed by atoms with Crippen LogP contribution in [0, 0.1) is 60.0 Å². The third-order valence-electron chi connectivity index (χ3n) is 17.6. The van der Waals surface area contributed by atoms with Crippen LogP contribution in [0.15, 0.2) is 0 Å². The molecule has 121 heavy (non-hydrogen) atoms. The molecular weight excluding hydrogens is 1600 g/mol. The molecule has 0 aromatic rings. The zero-order valence-corrected chi connectivity index (χ0v) is 70.0. The van der Waals surface area contributed by atoms with Crippen molar-refractivity contribution in [1.29, 1.82) is 48.7 Å². The average Bonchev–Trinajstić information content (AvgIpc) is 0.861. The molecule has 684 valence electrons. The number of amides is 12. The summed E-state index contributed by atoms with van der Waals surface area (Å²) in [4.78, 5) is 184. The lowest BCUT2D eigenvalue weighted by molar-refractivity contribution is -0.136. The molecule has 0 saturated carbocycles. The molecule has 0 heterocycles. The van der Waals surface area contributed by atoms with Gasteiger partial charge in [0.1, 0.15) is 66.2 Å². The smallest absolute Gasteiger partial charge is 0.243 e. The number of rotatable bonds is 62. The van der Waals surface area contributed by atoms with Crippen molar-refractivity contribution in [3.8, 4) is 0 Å². The number of ketones is 1. The van der Waals surface area contributed by atoms with Crippen molar-refractivity contribution in [2.75, 3.05) is 71.2 Å². The molecule has 0 bridgehead atoms. The van der Waals surface area contributed by atoms with Crippen LogP contribution in [0.2, 0.25) is 0 Å². The largest absolute Gasteiger partial charge is 0.370 e. The molecule has 0 aliphatic carbocycles. The predicted octanol–water partition coefficient (Wildman–Crippen LogP) is -11.6. The quantitative estimate of drug-likeness (QED) is 0.0116. The standard InChI is InChI=1S/C68H133N39O13S/c1-35(32-46(108)68(2,3)4)49(111)97-33-47(109)98-36(14-5-23-88-59(70)71)50(112)99-37(15-6-24-89-60(72)73)51(113)100-38(16-7-25-90-61(74)75)52(114)101-39(17-8-26-91-62(76)77)53(115)102-40(18-9-27-92-63(78)79)54(116)103-41(19-10-28-93-64(80)81)55(117)104-42(20-11-29-94-65(82)83)56(118)105-43(21-12-30-95-66(84)85)57(119)106-44(22-13-31-96-67(86)87)58(120)107-45(34-121)48(69)110/h35-45,121H,5-34H2,1-4H3,(H2,69,110)(H,97,111)(H,98,109)(H,99,112)(H,100,113)(H,101,114)(H,102,115)(H,103,116)(H,104,117)(H,105,118)(H,106,119)(H,107,120)(H4,70,71,88)(H4,72,73,89)(H4,74,75,90)(H4,76,77,91)(H4,78,79,92)(H4,80,81,93)(H4,82,83,94)(H4,84,85,95)(H4,86,87,96)/t35-,36-,37-,38-,39-,40-,41-,42-,43-,44-,45-/m1/s1. The maximum atomic E-state index is 15.0. The number of primary amides is 1. The second-order valence-corrected chi connectivity index (χ2v) is 29.5. The van der Waals surface area contributed by atoms with E-state index in [1.807, 2.05) is 0 Å². The van der Waals surface area contributed by atoms with Crippen LogP contribution < -0.4 is 164 Å². The maximum absolute atomic E-state index is 15.0. The summed E-state index contributed by atoms with van der Waals surface area (Å²) >= 11 is 4.09. The summed E-state index contributed by atoms with van der Waals surface area (Å²) in [6.45, 7) is 5.70. The highest BCUT2D eigenvalue weighted by molar-refractivity contribution is 7.80. The van der Waals surface area contributed by atoms with Crippen molar-refractivity contribution in [3.63, 3.8) is 0 Å². The first-order valence-corrected chi connectivity index (χ1v) is 39.9. The molecular formula is C68H133N39O13S. The minimum absolute atomic E-state index is 0.00275. The second-order valence-electron chi connectivity index (χ2n) is 29.1. The minimum atomic E-state index is -1.65. The van der Waals surface area contributed by atoms with Gasteiger partial charge in [0.05, 0.1) is 6.54 Å². The maximum Gasteiger partial charge on any atom is 0.243 e. The molecule has 0 aromatic heterocycles. The Morgan fingerprint density at radius 3 is 0.579 bits per heavy atom. The Bertz CT molecular complexity index is 3510. The summed E-state index contributed by atoms with van der Waals surface area (Å²) in [6.07, 6.45) is -2.06. The summed E-state index contributed by atoms with van der Waals surface area (Å²) in [5.41, 5.74) is 54.6. The number of guanidine groups is 9. The number of nitrogens with one attached hydrogen (secondary N) is 29. The third kappa shape index (κ3) is 51.8. The lowest BCUT2D eigenvalue weighted by atomic mass is 9.85. The summed E-state index contributed by atoms with van der Waals surface area (Å²) in [7, 11) is 0. The van der Waals surface area contributed by atoms with Crippen LogP contribution in [-0.2, 0) is 62.3 Å². The van der Waals surface area contributed by atoms with Gasteiger partial charge in [-0.25, -0.2) is 0 Å². The zero-order chi connectivity index (χ0) is 91.9. The first-order chi connectivity index (χ1) is 56.8. The highest BCUT2D eigenvalue weighted by Gasteiger charge is 2.37. The average molecular weight is 1740 g/mol. The molecule has 0 aliphatic heterocycles. The van der Waals surface area contributed by atoms with E-state index in [1.165, 1.54) is 6.92 Å². The van der Waals surface area contributed by atoms with Gasteiger partial charge in [0.15, 0.2) is 53.6 Å². The molecule has 12 amide bonds. The van der Waals surface area contributed by atoms with Crippen molar-refractivity contribution >= 4 is 143 Å². The summed E-state index contributed by atoms with van der Waals surface area (Å²) in [5.74, 6) is -16.7. The lowest BCUT2D eigenvalue weighted by Crippen LogP contribution is -2.61. The van der Waals surface area contributed by atoms with Gasteiger partial charge in [-0.05, 0) is 116 Å². The fourth-order valence-electron chi connectivity index (χ4n) is 11.1. The van der Waals surface area contributed by atoms with Crippen LogP contribution in [0.1, 0.15) is 150 Å². The Balaban J connectivity index is 8.08. The molecule has 0 aromatic carbocycles. The molecule has 52 nitrogen and oxygen atoms in total. The zero-order valence-electron chi connectivity index (χ0n) is 69.1. The number of carbonyl (C=O) groups is 13. The van der Waals surface area contributed by atoms with E-state index in [4.69, 9.17) is 106 Å². The number of nitrogens with two attached hydrogens (primary N) is 10. The first-order valence-electron chi connectivity index (χ1n) is 39.2. The molecule has 49 N–H and O–H groups in total. The Morgan fingerprint density at radius 1 is 0.264 bits per heavy atom. The van der Waals surface area contributed by atoms with E-state index in [0.29, 0.717) is 0 Å². The molecule has 0 radical (unpaired) electrons. The van der Waals surface area contributed by atoms with Crippen molar-refractivity contribution in [2.24, 2.45) is 68.7 Å². The van der Waals surface area contributed by atoms with Crippen LogP contribution in [0.4, 0.5) is 0 Å². The second kappa shape index (κ2) is 59.7. The van der Waals surface area contributed by atoms with Gasteiger partial charge in [-0.2, -0.15) is 12.6 Å². The molecule has 0 saturated heterocycles. The number of carbonyl (C=O) groups excluding carboxylic acids is 13. The predicted molar refractivity (Wildman–Crippen MR) is 456 cm³/mol. The van der Waals surface area contributed by atoms with E-state index in [9.17, 15) is 52.7 Å². The van der Waals surface area contributed by atoms with Crippen LogP contribution in [0.3, 0.4) is 0 Å². The van der Waals surface area contributed by atoms with Crippen molar-refractivity contribution in [3.05, 3.63) is 0 Å².